The van der Waals surface area contributed by atoms with Crippen molar-refractivity contribution in [3.8, 4) is 5.75 Å². The van der Waals surface area contributed by atoms with Crippen molar-refractivity contribution in [1.82, 2.24) is 15.2 Å². The molecular weight excluding hydrogens is 407 g/mol. The fraction of sp³-hybridized carbons (Fsp3) is 0.280. The summed E-state index contributed by atoms with van der Waals surface area (Å²) in [4.78, 5) is 21.6. The average molecular weight is 435 g/mol. The number of rotatable bonds is 7. The van der Waals surface area contributed by atoms with Gasteiger partial charge in [0.2, 0.25) is 0 Å². The van der Waals surface area contributed by atoms with E-state index in [-0.39, 0.29) is 17.8 Å². The first kappa shape index (κ1) is 21.8. The summed E-state index contributed by atoms with van der Waals surface area (Å²) in [7, 11) is 1.60. The molecule has 0 aliphatic carbocycles. The lowest BCUT2D eigenvalue weighted by Gasteiger charge is -2.40. The number of benzene rings is 2. The van der Waals surface area contributed by atoms with E-state index >= 15 is 0 Å². The molecule has 1 aliphatic rings. The molecular formula is C25H27FN4O2. The Hall–Kier alpha value is -3.45. The van der Waals surface area contributed by atoms with Crippen molar-refractivity contribution in [2.24, 2.45) is 0 Å². The summed E-state index contributed by atoms with van der Waals surface area (Å²) in [6.07, 6.45) is 3.61. The van der Waals surface area contributed by atoms with Crippen LogP contribution >= 0.6 is 0 Å². The third-order valence-corrected chi connectivity index (χ3v) is 5.82. The summed E-state index contributed by atoms with van der Waals surface area (Å²) in [6, 6.07) is 17.7. The van der Waals surface area contributed by atoms with E-state index in [0.29, 0.717) is 17.9 Å². The molecule has 0 radical (unpaired) electrons. The van der Waals surface area contributed by atoms with Gasteiger partial charge in [-0.2, -0.15) is 0 Å². The Morgan fingerprint density at radius 1 is 1.06 bits per heavy atom. The Morgan fingerprint density at radius 2 is 1.78 bits per heavy atom. The van der Waals surface area contributed by atoms with E-state index in [0.717, 1.165) is 37.4 Å². The van der Waals surface area contributed by atoms with Crippen molar-refractivity contribution >= 4 is 11.6 Å². The average Bonchev–Trinajstić information content (AvgIpc) is 2.86. The number of nitrogens with one attached hydrogen (secondary N) is 1. The molecule has 7 heteroatoms. The number of pyridine rings is 1. The predicted molar refractivity (Wildman–Crippen MR) is 122 cm³/mol. The molecule has 3 aromatic rings. The maximum atomic E-state index is 13.2. The lowest BCUT2D eigenvalue weighted by atomic mass is 10.1. The van der Waals surface area contributed by atoms with Crippen molar-refractivity contribution in [3.05, 3.63) is 90.0 Å². The molecule has 4 rings (SSSR count). The maximum Gasteiger partial charge on any atom is 0.251 e. The van der Waals surface area contributed by atoms with Gasteiger partial charge in [-0.05, 0) is 60.2 Å². The van der Waals surface area contributed by atoms with E-state index < -0.39 is 0 Å². The van der Waals surface area contributed by atoms with Gasteiger partial charge in [-0.1, -0.05) is 6.07 Å². The highest BCUT2D eigenvalue weighted by Crippen LogP contribution is 2.24. The van der Waals surface area contributed by atoms with Crippen LogP contribution in [0.2, 0.25) is 0 Å². The predicted octanol–water partition coefficient (Wildman–Crippen LogP) is 3.52. The first-order valence-electron chi connectivity index (χ1n) is 10.7. The number of anilines is 1. The first-order chi connectivity index (χ1) is 15.6. The molecule has 1 amide bonds. The summed E-state index contributed by atoms with van der Waals surface area (Å²) >= 11 is 0. The molecule has 2 heterocycles. The number of hydrogen-bond acceptors (Lipinski definition) is 5. The number of carbonyl (C=O) groups excluding carboxylic acids is 1. The van der Waals surface area contributed by atoms with E-state index in [9.17, 15) is 9.18 Å². The molecule has 0 saturated carbocycles. The number of carbonyl (C=O) groups is 1. The number of hydrogen-bond donors (Lipinski definition) is 1. The zero-order valence-corrected chi connectivity index (χ0v) is 18.1. The fourth-order valence-electron chi connectivity index (χ4n) is 4.01. The van der Waals surface area contributed by atoms with Crippen molar-refractivity contribution in [2.45, 2.75) is 6.04 Å². The van der Waals surface area contributed by atoms with E-state index in [1.165, 1.54) is 12.1 Å². The van der Waals surface area contributed by atoms with Crippen LogP contribution in [0.25, 0.3) is 0 Å². The minimum absolute atomic E-state index is 0.0151. The van der Waals surface area contributed by atoms with Crippen LogP contribution in [0, 0.1) is 5.82 Å². The van der Waals surface area contributed by atoms with Gasteiger partial charge in [0.1, 0.15) is 11.6 Å². The zero-order chi connectivity index (χ0) is 22.3. The van der Waals surface area contributed by atoms with Gasteiger partial charge in [0, 0.05) is 56.4 Å². The van der Waals surface area contributed by atoms with Gasteiger partial charge in [0.15, 0.2) is 0 Å². The summed E-state index contributed by atoms with van der Waals surface area (Å²) in [6.45, 7) is 3.79. The number of aromatic nitrogens is 1. The number of nitrogens with zero attached hydrogens (tertiary/aromatic N) is 3. The molecule has 1 fully saturated rings. The Kier molecular flexibility index (Phi) is 6.97. The number of halogens is 1. The topological polar surface area (TPSA) is 57.7 Å². The minimum atomic E-state index is -0.225. The lowest BCUT2D eigenvalue weighted by Crippen LogP contribution is -2.50. The van der Waals surface area contributed by atoms with Crippen molar-refractivity contribution < 1.29 is 13.9 Å². The summed E-state index contributed by atoms with van der Waals surface area (Å²) in [5.74, 6) is 0.372. The molecule has 1 saturated heterocycles. The Morgan fingerprint density at radius 3 is 2.41 bits per heavy atom. The Balaban J connectivity index is 1.42. The highest BCUT2D eigenvalue weighted by Gasteiger charge is 2.26. The second-order valence-corrected chi connectivity index (χ2v) is 7.74. The molecule has 1 aromatic heterocycles. The monoisotopic (exact) mass is 434 g/mol. The molecule has 0 unspecified atom stereocenters. The number of amides is 1. The van der Waals surface area contributed by atoms with Crippen LogP contribution in [0.15, 0.2) is 73.1 Å². The molecule has 32 heavy (non-hydrogen) atoms. The van der Waals surface area contributed by atoms with Crippen LogP contribution in [0.1, 0.15) is 22.0 Å². The number of ether oxygens (including phenoxy) is 1. The quantitative estimate of drug-likeness (QED) is 0.617. The van der Waals surface area contributed by atoms with Crippen molar-refractivity contribution in [2.75, 3.05) is 44.7 Å². The van der Waals surface area contributed by atoms with Crippen molar-refractivity contribution in [3.63, 3.8) is 0 Å². The van der Waals surface area contributed by atoms with Crippen LogP contribution in [-0.2, 0) is 0 Å². The molecule has 1 atom stereocenters. The van der Waals surface area contributed by atoms with Crippen LogP contribution in [0.5, 0.6) is 5.75 Å². The van der Waals surface area contributed by atoms with Gasteiger partial charge in [0.25, 0.3) is 5.91 Å². The van der Waals surface area contributed by atoms with Gasteiger partial charge in [0.05, 0.1) is 13.2 Å². The van der Waals surface area contributed by atoms with Crippen molar-refractivity contribution in [1.29, 1.82) is 0 Å². The van der Waals surface area contributed by atoms with Gasteiger partial charge in [-0.3, -0.25) is 14.7 Å². The first-order valence-corrected chi connectivity index (χ1v) is 10.7. The fourth-order valence-corrected chi connectivity index (χ4v) is 4.01. The maximum absolute atomic E-state index is 13.2. The van der Waals surface area contributed by atoms with Gasteiger partial charge in [-0.25, -0.2) is 4.39 Å². The van der Waals surface area contributed by atoms with Crippen LogP contribution in [0.4, 0.5) is 10.1 Å². The van der Waals surface area contributed by atoms with Gasteiger partial charge in [-0.15, -0.1) is 0 Å². The molecule has 6 nitrogen and oxygen atoms in total. The lowest BCUT2D eigenvalue weighted by molar-refractivity contribution is 0.0930. The van der Waals surface area contributed by atoms with E-state index in [1.807, 2.05) is 30.5 Å². The number of methoxy groups -OCH3 is 1. The SMILES string of the molecule is COc1ccc(C(=O)NC[C@@H](c2cccnc2)N2CCN(c3ccc(F)cc3)CC2)cc1. The van der Waals surface area contributed by atoms with E-state index in [4.69, 9.17) is 4.74 Å². The highest BCUT2D eigenvalue weighted by molar-refractivity contribution is 5.94. The van der Waals surface area contributed by atoms with E-state index in [2.05, 4.69) is 20.1 Å². The molecule has 1 N–H and O–H groups in total. The third kappa shape index (κ3) is 5.23. The Labute approximate surface area is 187 Å². The minimum Gasteiger partial charge on any atom is -0.497 e. The smallest absolute Gasteiger partial charge is 0.251 e. The Bertz CT molecular complexity index is 1000. The summed E-state index contributed by atoms with van der Waals surface area (Å²) in [5, 5.41) is 3.08. The normalized spacial score (nSPS) is 15.2. The largest absolute Gasteiger partial charge is 0.497 e. The molecule has 166 valence electrons. The molecule has 0 bridgehead atoms. The summed E-state index contributed by atoms with van der Waals surface area (Å²) < 4.78 is 18.4. The van der Waals surface area contributed by atoms with Crippen LogP contribution < -0.4 is 15.0 Å². The van der Waals surface area contributed by atoms with E-state index in [1.54, 1.807) is 37.6 Å². The molecule has 2 aromatic carbocycles. The second-order valence-electron chi connectivity index (χ2n) is 7.74. The molecule has 0 spiro atoms. The van der Waals surface area contributed by atoms with Gasteiger partial charge >= 0.3 is 0 Å². The summed E-state index contributed by atoms with van der Waals surface area (Å²) in [5.41, 5.74) is 2.69. The van der Waals surface area contributed by atoms with Gasteiger partial charge < -0.3 is 15.0 Å². The third-order valence-electron chi connectivity index (χ3n) is 5.82. The zero-order valence-electron chi connectivity index (χ0n) is 18.1. The highest BCUT2D eigenvalue weighted by atomic mass is 19.1. The number of piperazine rings is 1. The second kappa shape index (κ2) is 10.2. The van der Waals surface area contributed by atoms with Crippen LogP contribution in [0.3, 0.4) is 0 Å². The molecule has 1 aliphatic heterocycles. The standard InChI is InChI=1S/C25H27FN4O2/c1-32-23-10-4-19(5-11-23)25(31)28-18-24(20-3-2-12-27-17-20)30-15-13-29(14-16-30)22-8-6-21(26)7-9-22/h2-12,17,24H,13-16,18H2,1H3,(H,28,31)/t24-/m0/s1. The van der Waals surface area contributed by atoms with Crippen LogP contribution in [-0.4, -0.2) is 55.6 Å².